The Kier molecular flexibility index (Phi) is 4.94. The molecule has 4 rings (SSSR count). The summed E-state index contributed by atoms with van der Waals surface area (Å²) in [5.41, 5.74) is 2.17. The highest BCUT2D eigenvalue weighted by molar-refractivity contribution is 5.98. The van der Waals surface area contributed by atoms with E-state index in [2.05, 4.69) is 11.9 Å². The summed E-state index contributed by atoms with van der Waals surface area (Å²) in [7, 11) is 2.09. The fourth-order valence-corrected chi connectivity index (χ4v) is 3.77. The monoisotopic (exact) mass is 365 g/mol. The maximum atomic E-state index is 14.3. The lowest BCUT2D eigenvalue weighted by atomic mass is 10.2. The van der Waals surface area contributed by atoms with E-state index in [1.165, 1.54) is 6.07 Å². The SMILES string of the molecule is CN1CCCN(C(=O)c2cc3ccccc3n2Cc2ccccc2F)CC1. The Labute approximate surface area is 158 Å². The molecule has 0 unspecified atom stereocenters. The van der Waals surface area contributed by atoms with Crippen LogP contribution in [0.25, 0.3) is 10.9 Å². The number of aromatic nitrogens is 1. The lowest BCUT2D eigenvalue weighted by molar-refractivity contribution is 0.0753. The number of hydrogen-bond donors (Lipinski definition) is 0. The summed E-state index contributed by atoms with van der Waals surface area (Å²) in [5.74, 6) is -0.220. The van der Waals surface area contributed by atoms with Crippen molar-refractivity contribution >= 4 is 16.8 Å². The van der Waals surface area contributed by atoms with Gasteiger partial charge in [-0.1, -0.05) is 36.4 Å². The van der Waals surface area contributed by atoms with Crippen LogP contribution in [0.2, 0.25) is 0 Å². The smallest absolute Gasteiger partial charge is 0.270 e. The van der Waals surface area contributed by atoms with Gasteiger partial charge >= 0.3 is 0 Å². The van der Waals surface area contributed by atoms with Gasteiger partial charge in [0.1, 0.15) is 11.5 Å². The maximum Gasteiger partial charge on any atom is 0.270 e. The van der Waals surface area contributed by atoms with Crippen LogP contribution in [0.5, 0.6) is 0 Å². The van der Waals surface area contributed by atoms with Crippen molar-refractivity contribution in [2.45, 2.75) is 13.0 Å². The molecule has 0 spiro atoms. The standard InChI is InChI=1S/C22H24FN3O/c1-24-11-6-12-25(14-13-24)22(27)21-15-17-7-3-5-10-20(17)26(21)16-18-8-2-4-9-19(18)23/h2-5,7-10,15H,6,11-14,16H2,1H3. The van der Waals surface area contributed by atoms with Gasteiger partial charge in [-0.3, -0.25) is 4.79 Å². The number of fused-ring (bicyclic) bond motifs is 1. The topological polar surface area (TPSA) is 28.5 Å². The molecule has 1 fully saturated rings. The summed E-state index contributed by atoms with van der Waals surface area (Å²) < 4.78 is 16.2. The van der Waals surface area contributed by atoms with Crippen molar-refractivity contribution in [3.63, 3.8) is 0 Å². The highest BCUT2D eigenvalue weighted by Crippen LogP contribution is 2.23. The zero-order valence-electron chi connectivity index (χ0n) is 15.6. The van der Waals surface area contributed by atoms with Gasteiger partial charge in [-0.25, -0.2) is 4.39 Å². The van der Waals surface area contributed by atoms with E-state index in [9.17, 15) is 9.18 Å². The van der Waals surface area contributed by atoms with Crippen LogP contribution in [0.1, 0.15) is 22.5 Å². The molecule has 1 aromatic heterocycles. The number of para-hydroxylation sites is 1. The second kappa shape index (κ2) is 7.53. The molecule has 3 aromatic rings. The van der Waals surface area contributed by atoms with E-state index in [-0.39, 0.29) is 11.7 Å². The van der Waals surface area contributed by atoms with Gasteiger partial charge in [0.2, 0.25) is 0 Å². The average molecular weight is 365 g/mol. The quantitative estimate of drug-likeness (QED) is 0.709. The molecule has 0 N–H and O–H groups in total. The number of hydrogen-bond acceptors (Lipinski definition) is 2. The molecule has 2 aromatic carbocycles. The van der Waals surface area contributed by atoms with Gasteiger partial charge < -0.3 is 14.4 Å². The van der Waals surface area contributed by atoms with Crippen LogP contribution in [-0.4, -0.2) is 53.5 Å². The summed E-state index contributed by atoms with van der Waals surface area (Å²) in [4.78, 5) is 17.5. The van der Waals surface area contributed by atoms with Crippen LogP contribution in [0.15, 0.2) is 54.6 Å². The van der Waals surface area contributed by atoms with Gasteiger partial charge in [-0.15, -0.1) is 0 Å². The lowest BCUT2D eigenvalue weighted by Crippen LogP contribution is -2.35. The van der Waals surface area contributed by atoms with Crippen molar-refractivity contribution in [3.05, 3.63) is 71.7 Å². The largest absolute Gasteiger partial charge is 0.336 e. The van der Waals surface area contributed by atoms with Crippen LogP contribution in [0.4, 0.5) is 4.39 Å². The second-order valence-corrected chi connectivity index (χ2v) is 7.21. The number of amides is 1. The molecule has 2 heterocycles. The van der Waals surface area contributed by atoms with Gasteiger partial charge in [0.25, 0.3) is 5.91 Å². The molecule has 0 bridgehead atoms. The predicted octanol–water partition coefficient (Wildman–Crippen LogP) is 3.61. The van der Waals surface area contributed by atoms with Crippen LogP contribution in [0.3, 0.4) is 0 Å². The van der Waals surface area contributed by atoms with E-state index >= 15 is 0 Å². The lowest BCUT2D eigenvalue weighted by Gasteiger charge is -2.22. The van der Waals surface area contributed by atoms with Crippen molar-refractivity contribution < 1.29 is 9.18 Å². The van der Waals surface area contributed by atoms with Gasteiger partial charge in [0, 0.05) is 36.1 Å². The molecule has 0 aliphatic carbocycles. The number of benzene rings is 2. The number of likely N-dealkylation sites (N-methyl/N-ethyl adjacent to an activating group) is 1. The van der Waals surface area contributed by atoms with E-state index < -0.39 is 0 Å². The van der Waals surface area contributed by atoms with E-state index in [0.29, 0.717) is 17.8 Å². The fourth-order valence-electron chi connectivity index (χ4n) is 3.77. The highest BCUT2D eigenvalue weighted by atomic mass is 19.1. The van der Waals surface area contributed by atoms with Gasteiger partial charge in [0.05, 0.1) is 6.54 Å². The maximum absolute atomic E-state index is 14.3. The van der Waals surface area contributed by atoms with E-state index in [4.69, 9.17) is 0 Å². The first-order chi connectivity index (χ1) is 13.1. The minimum atomic E-state index is -0.245. The first kappa shape index (κ1) is 17.7. The molecule has 4 nitrogen and oxygen atoms in total. The highest BCUT2D eigenvalue weighted by Gasteiger charge is 2.23. The van der Waals surface area contributed by atoms with Crippen molar-refractivity contribution in [2.24, 2.45) is 0 Å². The molecule has 27 heavy (non-hydrogen) atoms. The molecule has 140 valence electrons. The minimum Gasteiger partial charge on any atom is -0.336 e. The van der Waals surface area contributed by atoms with Crippen LogP contribution >= 0.6 is 0 Å². The Morgan fingerprint density at radius 3 is 2.63 bits per heavy atom. The molecule has 1 aliphatic rings. The zero-order valence-corrected chi connectivity index (χ0v) is 15.6. The molecule has 0 radical (unpaired) electrons. The minimum absolute atomic E-state index is 0.0258. The summed E-state index contributed by atoms with van der Waals surface area (Å²) >= 11 is 0. The van der Waals surface area contributed by atoms with Crippen molar-refractivity contribution in [1.29, 1.82) is 0 Å². The van der Waals surface area contributed by atoms with Crippen LogP contribution in [-0.2, 0) is 6.54 Å². The Hall–Kier alpha value is -2.66. The summed E-state index contributed by atoms with van der Waals surface area (Å²) in [6.45, 7) is 3.69. The first-order valence-electron chi connectivity index (χ1n) is 9.43. The predicted molar refractivity (Wildman–Crippen MR) is 105 cm³/mol. The molecule has 1 saturated heterocycles. The third-order valence-corrected chi connectivity index (χ3v) is 5.32. The molecule has 5 heteroatoms. The fraction of sp³-hybridized carbons (Fsp3) is 0.318. The second-order valence-electron chi connectivity index (χ2n) is 7.21. The Morgan fingerprint density at radius 1 is 1.00 bits per heavy atom. The third-order valence-electron chi connectivity index (χ3n) is 5.32. The van der Waals surface area contributed by atoms with E-state index in [0.717, 1.165) is 43.5 Å². The van der Waals surface area contributed by atoms with Crippen molar-refractivity contribution in [3.8, 4) is 0 Å². The molecule has 1 aliphatic heterocycles. The molecule has 1 amide bonds. The van der Waals surface area contributed by atoms with Crippen LogP contribution < -0.4 is 0 Å². The van der Waals surface area contributed by atoms with Crippen molar-refractivity contribution in [2.75, 3.05) is 33.2 Å². The van der Waals surface area contributed by atoms with E-state index in [1.807, 2.05) is 45.9 Å². The summed E-state index contributed by atoms with van der Waals surface area (Å²) in [5, 5.41) is 1.00. The van der Waals surface area contributed by atoms with Crippen LogP contribution in [0, 0.1) is 5.82 Å². The average Bonchev–Trinajstić information content (AvgIpc) is 2.89. The normalized spacial score (nSPS) is 15.9. The van der Waals surface area contributed by atoms with E-state index in [1.54, 1.807) is 12.1 Å². The van der Waals surface area contributed by atoms with Gasteiger partial charge in [0.15, 0.2) is 0 Å². The number of rotatable bonds is 3. The summed E-state index contributed by atoms with van der Waals surface area (Å²) in [6, 6.07) is 16.6. The number of carbonyl (C=O) groups is 1. The molecule has 0 atom stereocenters. The Balaban J connectivity index is 1.73. The number of halogens is 1. The zero-order chi connectivity index (χ0) is 18.8. The summed E-state index contributed by atoms with van der Waals surface area (Å²) in [6.07, 6.45) is 0.968. The molecular formula is C22H24FN3O. The van der Waals surface area contributed by atoms with Crippen molar-refractivity contribution in [1.82, 2.24) is 14.4 Å². The first-order valence-corrected chi connectivity index (χ1v) is 9.43. The number of carbonyl (C=O) groups excluding carboxylic acids is 1. The van der Waals surface area contributed by atoms with Gasteiger partial charge in [-0.2, -0.15) is 0 Å². The Morgan fingerprint density at radius 2 is 1.78 bits per heavy atom. The molecular weight excluding hydrogens is 341 g/mol. The third kappa shape index (κ3) is 3.60. The molecule has 0 saturated carbocycles. The number of nitrogens with zero attached hydrogens (tertiary/aromatic N) is 3. The Bertz CT molecular complexity index is 965. The van der Waals surface area contributed by atoms with Gasteiger partial charge in [-0.05, 0) is 38.2 Å².